The van der Waals surface area contributed by atoms with Crippen molar-refractivity contribution in [3.63, 3.8) is 0 Å². The molecular weight excluding hydrogens is 411 g/mol. The van der Waals surface area contributed by atoms with Crippen LogP contribution >= 0.6 is 11.6 Å². The van der Waals surface area contributed by atoms with Crippen LogP contribution in [0.5, 0.6) is 5.75 Å². The van der Waals surface area contributed by atoms with Gasteiger partial charge in [-0.05, 0) is 32.0 Å². The highest BCUT2D eigenvalue weighted by atomic mass is 35.5. The summed E-state index contributed by atoms with van der Waals surface area (Å²) in [5.74, 6) is -0.790. The number of likely N-dealkylation sites (N-methyl/N-ethyl adjacent to an activating group) is 1. The molecule has 30 heavy (non-hydrogen) atoms. The Bertz CT molecular complexity index is 979. The average molecular weight is 433 g/mol. The standard InChI is InChI=1S/C22H22ClFN2O4/c1-3-26-17(13-30-18-12-8-6-10-15(18)23)19(21(27)29-4-2)20(25-22(26)28)14-9-5-7-11-16(14)24/h5-12,20H,3-4,13H2,1-2H3,(H,25,28)/t20-/m1/s1. The van der Waals surface area contributed by atoms with Crippen LogP contribution in [0.15, 0.2) is 59.8 Å². The summed E-state index contributed by atoms with van der Waals surface area (Å²) in [5, 5.41) is 3.10. The van der Waals surface area contributed by atoms with E-state index >= 15 is 0 Å². The van der Waals surface area contributed by atoms with E-state index in [4.69, 9.17) is 21.1 Å². The van der Waals surface area contributed by atoms with Gasteiger partial charge in [0.25, 0.3) is 0 Å². The summed E-state index contributed by atoms with van der Waals surface area (Å²) in [6.45, 7) is 3.73. The highest BCUT2D eigenvalue weighted by Crippen LogP contribution is 2.33. The lowest BCUT2D eigenvalue weighted by Gasteiger charge is -2.36. The molecule has 0 saturated carbocycles. The Morgan fingerprint density at radius 2 is 1.87 bits per heavy atom. The van der Waals surface area contributed by atoms with Crippen molar-refractivity contribution in [1.82, 2.24) is 10.2 Å². The zero-order valence-corrected chi connectivity index (χ0v) is 17.4. The zero-order valence-electron chi connectivity index (χ0n) is 16.7. The van der Waals surface area contributed by atoms with Crippen molar-refractivity contribution in [2.24, 2.45) is 0 Å². The van der Waals surface area contributed by atoms with E-state index in [1.165, 1.54) is 23.1 Å². The minimum absolute atomic E-state index is 0.121. The molecule has 2 amide bonds. The summed E-state index contributed by atoms with van der Waals surface area (Å²) < 4.78 is 25.6. The summed E-state index contributed by atoms with van der Waals surface area (Å²) in [5.41, 5.74) is 0.586. The second-order valence-electron chi connectivity index (χ2n) is 6.45. The number of hydrogen-bond acceptors (Lipinski definition) is 4. The van der Waals surface area contributed by atoms with Crippen molar-refractivity contribution < 1.29 is 23.5 Å². The molecule has 0 aliphatic carbocycles. The first-order valence-electron chi connectivity index (χ1n) is 9.57. The smallest absolute Gasteiger partial charge is 0.338 e. The fraction of sp³-hybridized carbons (Fsp3) is 0.273. The first-order valence-corrected chi connectivity index (χ1v) is 9.95. The van der Waals surface area contributed by atoms with Crippen molar-refractivity contribution in [3.05, 3.63) is 76.2 Å². The SMILES string of the molecule is CCOC(=O)C1=C(COc2ccccc2Cl)N(CC)C(=O)N[C@@H]1c1ccccc1F. The third kappa shape index (κ3) is 4.41. The van der Waals surface area contributed by atoms with Crippen molar-refractivity contribution in [3.8, 4) is 5.75 Å². The number of carbonyl (C=O) groups is 2. The van der Waals surface area contributed by atoms with Gasteiger partial charge in [0.05, 0.1) is 28.9 Å². The predicted octanol–water partition coefficient (Wildman–Crippen LogP) is 4.46. The van der Waals surface area contributed by atoms with Gasteiger partial charge in [-0.1, -0.05) is 41.9 Å². The Hall–Kier alpha value is -3.06. The first-order chi connectivity index (χ1) is 14.5. The van der Waals surface area contributed by atoms with Crippen LogP contribution < -0.4 is 10.1 Å². The Balaban J connectivity index is 2.10. The van der Waals surface area contributed by atoms with E-state index in [9.17, 15) is 14.0 Å². The Morgan fingerprint density at radius 3 is 2.53 bits per heavy atom. The van der Waals surface area contributed by atoms with E-state index in [2.05, 4.69) is 5.32 Å². The van der Waals surface area contributed by atoms with Gasteiger partial charge in [-0.25, -0.2) is 14.0 Å². The molecule has 0 aromatic heterocycles. The molecule has 0 fully saturated rings. The Kier molecular flexibility index (Phi) is 6.95. The third-order valence-corrected chi connectivity index (χ3v) is 4.98. The van der Waals surface area contributed by atoms with Crippen LogP contribution in [-0.2, 0) is 9.53 Å². The van der Waals surface area contributed by atoms with Gasteiger partial charge < -0.3 is 14.8 Å². The molecule has 3 rings (SSSR count). The van der Waals surface area contributed by atoms with Crippen molar-refractivity contribution in [2.75, 3.05) is 19.8 Å². The lowest BCUT2D eigenvalue weighted by Crippen LogP contribution is -2.49. The number of carbonyl (C=O) groups excluding carboxylic acids is 2. The minimum Gasteiger partial charge on any atom is -0.486 e. The number of esters is 1. The van der Waals surface area contributed by atoms with E-state index in [0.29, 0.717) is 16.5 Å². The second kappa shape index (κ2) is 9.63. The molecule has 0 unspecified atom stereocenters. The van der Waals surface area contributed by atoms with Crippen LogP contribution in [0.3, 0.4) is 0 Å². The fourth-order valence-corrected chi connectivity index (χ4v) is 3.48. The van der Waals surface area contributed by atoms with Gasteiger partial charge in [0.1, 0.15) is 18.2 Å². The van der Waals surface area contributed by atoms with E-state index in [1.54, 1.807) is 44.2 Å². The maximum absolute atomic E-state index is 14.5. The molecule has 1 aliphatic rings. The molecule has 8 heteroatoms. The number of para-hydroxylation sites is 1. The molecule has 0 radical (unpaired) electrons. The monoisotopic (exact) mass is 432 g/mol. The van der Waals surface area contributed by atoms with Crippen molar-refractivity contribution >= 4 is 23.6 Å². The molecule has 2 aromatic rings. The number of rotatable bonds is 7. The van der Waals surface area contributed by atoms with Crippen LogP contribution in [-0.4, -0.2) is 36.7 Å². The molecule has 0 bridgehead atoms. The number of nitrogens with one attached hydrogen (secondary N) is 1. The molecule has 2 aromatic carbocycles. The highest BCUT2D eigenvalue weighted by molar-refractivity contribution is 6.32. The van der Waals surface area contributed by atoms with Gasteiger partial charge in [0.15, 0.2) is 0 Å². The molecule has 0 spiro atoms. The molecule has 1 heterocycles. The van der Waals surface area contributed by atoms with Gasteiger partial charge in [-0.2, -0.15) is 0 Å². The van der Waals surface area contributed by atoms with E-state index in [-0.39, 0.29) is 30.9 Å². The number of amides is 2. The summed E-state index contributed by atoms with van der Waals surface area (Å²) in [4.78, 5) is 27.0. The van der Waals surface area contributed by atoms with Crippen LogP contribution in [0, 0.1) is 5.82 Å². The number of nitrogens with zero attached hydrogens (tertiary/aromatic N) is 1. The van der Waals surface area contributed by atoms with Gasteiger partial charge in [-0.3, -0.25) is 4.90 Å². The maximum atomic E-state index is 14.5. The molecule has 6 nitrogen and oxygen atoms in total. The number of benzene rings is 2. The summed E-state index contributed by atoms with van der Waals surface area (Å²) in [7, 11) is 0. The van der Waals surface area contributed by atoms with E-state index in [0.717, 1.165) is 0 Å². The molecule has 158 valence electrons. The average Bonchev–Trinajstić information content (AvgIpc) is 2.73. The fourth-order valence-electron chi connectivity index (χ4n) is 3.29. The van der Waals surface area contributed by atoms with Crippen LogP contribution in [0.1, 0.15) is 25.5 Å². The molecule has 0 saturated heterocycles. The number of ether oxygens (including phenoxy) is 2. The third-order valence-electron chi connectivity index (χ3n) is 4.67. The number of urea groups is 1. The number of halogens is 2. The van der Waals surface area contributed by atoms with Gasteiger partial charge in [0.2, 0.25) is 0 Å². The summed E-state index contributed by atoms with van der Waals surface area (Å²) >= 11 is 6.16. The summed E-state index contributed by atoms with van der Waals surface area (Å²) in [6, 6.07) is 11.4. The topological polar surface area (TPSA) is 67.9 Å². The van der Waals surface area contributed by atoms with Gasteiger partial charge >= 0.3 is 12.0 Å². The molecule has 1 aliphatic heterocycles. The van der Waals surface area contributed by atoms with Crippen LogP contribution in [0.2, 0.25) is 5.02 Å². The Labute approximate surface area is 179 Å². The minimum atomic E-state index is -1.01. The quantitative estimate of drug-likeness (QED) is 0.656. The van der Waals surface area contributed by atoms with Crippen molar-refractivity contribution in [2.45, 2.75) is 19.9 Å². The van der Waals surface area contributed by atoms with Gasteiger partial charge in [-0.15, -0.1) is 0 Å². The zero-order chi connectivity index (χ0) is 21.7. The van der Waals surface area contributed by atoms with E-state index < -0.39 is 23.9 Å². The molecule has 1 atom stereocenters. The second-order valence-corrected chi connectivity index (χ2v) is 6.86. The van der Waals surface area contributed by atoms with Gasteiger partial charge in [0, 0.05) is 12.1 Å². The normalized spacial score (nSPS) is 16.3. The number of hydrogen-bond donors (Lipinski definition) is 1. The molecule has 1 N–H and O–H groups in total. The lowest BCUT2D eigenvalue weighted by molar-refractivity contribution is -0.139. The predicted molar refractivity (Wildman–Crippen MR) is 111 cm³/mol. The maximum Gasteiger partial charge on any atom is 0.338 e. The molecular formula is C22H22ClFN2O4. The van der Waals surface area contributed by atoms with Crippen LogP contribution in [0.4, 0.5) is 9.18 Å². The largest absolute Gasteiger partial charge is 0.486 e. The Morgan fingerprint density at radius 1 is 1.17 bits per heavy atom. The van der Waals surface area contributed by atoms with E-state index in [1.807, 2.05) is 0 Å². The van der Waals surface area contributed by atoms with Crippen molar-refractivity contribution in [1.29, 1.82) is 0 Å². The van der Waals surface area contributed by atoms with Crippen LogP contribution in [0.25, 0.3) is 0 Å². The summed E-state index contributed by atoms with van der Waals surface area (Å²) in [6.07, 6.45) is 0. The highest BCUT2D eigenvalue weighted by Gasteiger charge is 2.39. The first kappa shape index (κ1) is 21.6. The lowest BCUT2D eigenvalue weighted by atomic mass is 9.94.